The van der Waals surface area contributed by atoms with Crippen molar-refractivity contribution in [1.82, 2.24) is 5.32 Å². The first kappa shape index (κ1) is 10.5. The molecule has 0 aliphatic carbocycles. The van der Waals surface area contributed by atoms with Gasteiger partial charge in [-0.25, -0.2) is 0 Å². The fourth-order valence-corrected chi connectivity index (χ4v) is 1.73. The SMILES string of the molecule is CN[C@H](C)c1cc(OC)ccc1Br. The highest BCUT2D eigenvalue weighted by atomic mass is 79.9. The van der Waals surface area contributed by atoms with E-state index < -0.39 is 0 Å². The van der Waals surface area contributed by atoms with E-state index in [2.05, 4.69) is 28.2 Å². The van der Waals surface area contributed by atoms with Crippen molar-refractivity contribution < 1.29 is 4.74 Å². The topological polar surface area (TPSA) is 21.3 Å². The summed E-state index contributed by atoms with van der Waals surface area (Å²) in [6, 6.07) is 6.30. The molecular weight excluding hydrogens is 230 g/mol. The van der Waals surface area contributed by atoms with E-state index in [0.717, 1.165) is 10.2 Å². The van der Waals surface area contributed by atoms with E-state index in [1.54, 1.807) is 7.11 Å². The molecule has 72 valence electrons. The van der Waals surface area contributed by atoms with Crippen molar-refractivity contribution in [3.05, 3.63) is 28.2 Å². The van der Waals surface area contributed by atoms with E-state index >= 15 is 0 Å². The maximum absolute atomic E-state index is 5.16. The zero-order chi connectivity index (χ0) is 9.84. The van der Waals surface area contributed by atoms with Crippen LogP contribution in [0.2, 0.25) is 0 Å². The van der Waals surface area contributed by atoms with Gasteiger partial charge in [-0.2, -0.15) is 0 Å². The molecule has 1 aromatic rings. The standard InChI is InChI=1S/C10H14BrNO/c1-7(12-2)9-6-8(13-3)4-5-10(9)11/h4-7,12H,1-3H3/t7-/m1/s1. The van der Waals surface area contributed by atoms with E-state index in [1.807, 2.05) is 25.2 Å². The van der Waals surface area contributed by atoms with Gasteiger partial charge in [0, 0.05) is 10.5 Å². The van der Waals surface area contributed by atoms with Crippen LogP contribution in [0.25, 0.3) is 0 Å². The van der Waals surface area contributed by atoms with Gasteiger partial charge < -0.3 is 10.1 Å². The fraction of sp³-hybridized carbons (Fsp3) is 0.400. The number of nitrogens with one attached hydrogen (secondary N) is 1. The summed E-state index contributed by atoms with van der Waals surface area (Å²) in [5.74, 6) is 0.889. The summed E-state index contributed by atoms with van der Waals surface area (Å²) in [4.78, 5) is 0. The lowest BCUT2D eigenvalue weighted by atomic mass is 10.1. The third kappa shape index (κ3) is 2.45. The molecule has 1 aromatic carbocycles. The third-order valence-electron chi connectivity index (χ3n) is 2.10. The van der Waals surface area contributed by atoms with Crippen molar-refractivity contribution in [1.29, 1.82) is 0 Å². The first-order valence-corrected chi connectivity index (χ1v) is 4.99. The zero-order valence-electron chi connectivity index (χ0n) is 8.10. The van der Waals surface area contributed by atoms with E-state index in [9.17, 15) is 0 Å². The number of hydrogen-bond donors (Lipinski definition) is 1. The van der Waals surface area contributed by atoms with Gasteiger partial charge in [0.25, 0.3) is 0 Å². The van der Waals surface area contributed by atoms with Crippen molar-refractivity contribution in [2.24, 2.45) is 0 Å². The average Bonchev–Trinajstić information content (AvgIpc) is 2.17. The first-order chi connectivity index (χ1) is 6.19. The second-order valence-electron chi connectivity index (χ2n) is 2.90. The molecule has 0 bridgehead atoms. The number of benzene rings is 1. The van der Waals surface area contributed by atoms with E-state index in [1.165, 1.54) is 5.56 Å². The summed E-state index contributed by atoms with van der Waals surface area (Å²) in [6.07, 6.45) is 0. The summed E-state index contributed by atoms with van der Waals surface area (Å²) in [5, 5.41) is 3.19. The zero-order valence-corrected chi connectivity index (χ0v) is 9.68. The molecule has 0 aliphatic heterocycles. The molecule has 1 atom stereocenters. The highest BCUT2D eigenvalue weighted by Gasteiger charge is 2.07. The minimum absolute atomic E-state index is 0.324. The first-order valence-electron chi connectivity index (χ1n) is 4.19. The van der Waals surface area contributed by atoms with Crippen LogP contribution in [0.4, 0.5) is 0 Å². The van der Waals surface area contributed by atoms with E-state index in [4.69, 9.17) is 4.74 Å². The highest BCUT2D eigenvalue weighted by Crippen LogP contribution is 2.27. The maximum Gasteiger partial charge on any atom is 0.119 e. The molecule has 1 N–H and O–H groups in total. The Hall–Kier alpha value is -0.540. The Balaban J connectivity index is 3.03. The van der Waals surface area contributed by atoms with Gasteiger partial charge in [-0.05, 0) is 37.7 Å². The molecule has 13 heavy (non-hydrogen) atoms. The summed E-state index contributed by atoms with van der Waals surface area (Å²) in [7, 11) is 3.62. The van der Waals surface area contributed by atoms with Crippen LogP contribution in [0.15, 0.2) is 22.7 Å². The Kier molecular flexibility index (Phi) is 3.75. The van der Waals surface area contributed by atoms with Crippen LogP contribution < -0.4 is 10.1 Å². The molecular formula is C10H14BrNO. The van der Waals surface area contributed by atoms with Crippen LogP contribution in [0.1, 0.15) is 18.5 Å². The van der Waals surface area contributed by atoms with Crippen LogP contribution in [0, 0.1) is 0 Å². The van der Waals surface area contributed by atoms with E-state index in [-0.39, 0.29) is 0 Å². The Morgan fingerprint density at radius 2 is 2.15 bits per heavy atom. The summed E-state index contributed by atoms with van der Waals surface area (Å²) in [6.45, 7) is 2.11. The molecule has 3 heteroatoms. The van der Waals surface area contributed by atoms with E-state index in [0.29, 0.717) is 6.04 Å². The molecule has 0 radical (unpaired) electrons. The van der Waals surface area contributed by atoms with Gasteiger partial charge in [-0.3, -0.25) is 0 Å². The lowest BCUT2D eigenvalue weighted by molar-refractivity contribution is 0.413. The van der Waals surface area contributed by atoms with Gasteiger partial charge in [0.1, 0.15) is 5.75 Å². The number of halogens is 1. The van der Waals surface area contributed by atoms with Crippen molar-refractivity contribution >= 4 is 15.9 Å². The molecule has 0 aliphatic rings. The summed E-state index contributed by atoms with van der Waals surface area (Å²) in [5.41, 5.74) is 1.21. The Morgan fingerprint density at radius 3 is 2.69 bits per heavy atom. The van der Waals surface area contributed by atoms with Gasteiger partial charge in [0.15, 0.2) is 0 Å². The van der Waals surface area contributed by atoms with Crippen molar-refractivity contribution in [3.8, 4) is 5.75 Å². The van der Waals surface area contributed by atoms with Crippen molar-refractivity contribution in [2.45, 2.75) is 13.0 Å². The van der Waals surface area contributed by atoms with Gasteiger partial charge in [0.2, 0.25) is 0 Å². The summed E-state index contributed by atoms with van der Waals surface area (Å²) >= 11 is 3.51. The number of hydrogen-bond acceptors (Lipinski definition) is 2. The lowest BCUT2D eigenvalue weighted by Gasteiger charge is -2.13. The molecule has 0 fully saturated rings. The predicted molar refractivity (Wildman–Crippen MR) is 58.2 cm³/mol. The second kappa shape index (κ2) is 4.63. The van der Waals surface area contributed by atoms with Crippen LogP contribution in [0.5, 0.6) is 5.75 Å². The molecule has 0 spiro atoms. The minimum Gasteiger partial charge on any atom is -0.497 e. The summed E-state index contributed by atoms with van der Waals surface area (Å²) < 4.78 is 6.26. The van der Waals surface area contributed by atoms with Crippen LogP contribution >= 0.6 is 15.9 Å². The van der Waals surface area contributed by atoms with Gasteiger partial charge in [0.05, 0.1) is 7.11 Å². The predicted octanol–water partition coefficient (Wildman–Crippen LogP) is 2.74. The molecule has 0 amide bonds. The second-order valence-corrected chi connectivity index (χ2v) is 3.75. The highest BCUT2D eigenvalue weighted by molar-refractivity contribution is 9.10. The Morgan fingerprint density at radius 1 is 1.46 bits per heavy atom. The molecule has 0 saturated heterocycles. The average molecular weight is 244 g/mol. The molecule has 0 unspecified atom stereocenters. The molecule has 0 saturated carbocycles. The molecule has 0 aromatic heterocycles. The Bertz CT molecular complexity index is 288. The largest absolute Gasteiger partial charge is 0.497 e. The number of ether oxygens (including phenoxy) is 1. The lowest BCUT2D eigenvalue weighted by Crippen LogP contribution is -2.12. The van der Waals surface area contributed by atoms with Crippen molar-refractivity contribution in [2.75, 3.05) is 14.2 Å². The smallest absolute Gasteiger partial charge is 0.119 e. The van der Waals surface area contributed by atoms with Crippen molar-refractivity contribution in [3.63, 3.8) is 0 Å². The monoisotopic (exact) mass is 243 g/mol. The quantitative estimate of drug-likeness (QED) is 0.882. The maximum atomic E-state index is 5.16. The van der Waals surface area contributed by atoms with Crippen LogP contribution in [0.3, 0.4) is 0 Å². The number of rotatable bonds is 3. The minimum atomic E-state index is 0.324. The Labute approximate surface area is 87.4 Å². The fourth-order valence-electron chi connectivity index (χ4n) is 1.14. The van der Waals surface area contributed by atoms with Crippen LogP contribution in [-0.4, -0.2) is 14.2 Å². The molecule has 1 rings (SSSR count). The van der Waals surface area contributed by atoms with Gasteiger partial charge in [-0.15, -0.1) is 0 Å². The molecule has 2 nitrogen and oxygen atoms in total. The van der Waals surface area contributed by atoms with Crippen LogP contribution in [-0.2, 0) is 0 Å². The number of methoxy groups -OCH3 is 1. The molecule has 0 heterocycles. The normalized spacial score (nSPS) is 12.6. The third-order valence-corrected chi connectivity index (χ3v) is 2.82. The van der Waals surface area contributed by atoms with Gasteiger partial charge >= 0.3 is 0 Å². The van der Waals surface area contributed by atoms with Gasteiger partial charge in [-0.1, -0.05) is 15.9 Å².